The van der Waals surface area contributed by atoms with E-state index in [2.05, 4.69) is 26.7 Å². The number of pyridine rings is 1. The van der Waals surface area contributed by atoms with E-state index in [1.54, 1.807) is 6.92 Å². The molecular formula is C29H24F3N5. The summed E-state index contributed by atoms with van der Waals surface area (Å²) >= 11 is 0. The Hall–Kier alpha value is -4.64. The number of aryl methyl sites for hydroxylation is 2. The van der Waals surface area contributed by atoms with Crippen molar-refractivity contribution in [3.8, 4) is 6.07 Å². The summed E-state index contributed by atoms with van der Waals surface area (Å²) in [5.74, 6) is 0.615. The Morgan fingerprint density at radius 3 is 1.89 bits per heavy atom. The normalized spacial score (nSPS) is 11.4. The number of benzene rings is 3. The van der Waals surface area contributed by atoms with Gasteiger partial charge in [0.05, 0.1) is 11.1 Å². The number of alkyl halides is 3. The van der Waals surface area contributed by atoms with Crippen molar-refractivity contribution in [2.75, 3.05) is 10.6 Å². The number of anilines is 4. The summed E-state index contributed by atoms with van der Waals surface area (Å²) in [7, 11) is 0. The van der Waals surface area contributed by atoms with Crippen molar-refractivity contribution in [3.05, 3.63) is 106 Å². The highest BCUT2D eigenvalue weighted by molar-refractivity contribution is 5.88. The number of nitriles is 1. The Morgan fingerprint density at radius 1 is 0.811 bits per heavy atom. The first-order valence-corrected chi connectivity index (χ1v) is 11.5. The SMILES string of the molecule is Cc1ccc(Nc2nc(Nc3ccc(C)cc3)c(N=Cc3ccccc3C(F)(F)F)c(C)c2C#N)cc1. The molecule has 8 heteroatoms. The molecule has 4 rings (SSSR count). The molecule has 0 saturated carbocycles. The topological polar surface area (TPSA) is 73.1 Å². The van der Waals surface area contributed by atoms with E-state index >= 15 is 0 Å². The van der Waals surface area contributed by atoms with Crippen LogP contribution in [0.2, 0.25) is 0 Å². The van der Waals surface area contributed by atoms with Gasteiger partial charge in [0, 0.05) is 23.2 Å². The smallest absolute Gasteiger partial charge is 0.339 e. The largest absolute Gasteiger partial charge is 0.417 e. The molecule has 0 atom stereocenters. The van der Waals surface area contributed by atoms with E-state index in [0.717, 1.165) is 34.8 Å². The van der Waals surface area contributed by atoms with Gasteiger partial charge in [-0.3, -0.25) is 4.99 Å². The van der Waals surface area contributed by atoms with Crippen LogP contribution in [0.3, 0.4) is 0 Å². The van der Waals surface area contributed by atoms with Gasteiger partial charge in [-0.1, -0.05) is 53.6 Å². The van der Waals surface area contributed by atoms with Gasteiger partial charge in [-0.25, -0.2) is 4.98 Å². The van der Waals surface area contributed by atoms with Crippen LogP contribution in [0.5, 0.6) is 0 Å². The molecule has 0 aliphatic heterocycles. The van der Waals surface area contributed by atoms with Gasteiger partial charge in [0.15, 0.2) is 11.6 Å². The molecule has 0 fully saturated rings. The highest BCUT2D eigenvalue weighted by atomic mass is 19.4. The highest BCUT2D eigenvalue weighted by Crippen LogP contribution is 2.37. The Morgan fingerprint density at radius 2 is 1.35 bits per heavy atom. The average molecular weight is 500 g/mol. The minimum Gasteiger partial charge on any atom is -0.339 e. The summed E-state index contributed by atoms with van der Waals surface area (Å²) in [6.07, 6.45) is -3.38. The van der Waals surface area contributed by atoms with Crippen molar-refractivity contribution in [1.29, 1.82) is 5.26 Å². The van der Waals surface area contributed by atoms with E-state index in [0.29, 0.717) is 17.2 Å². The highest BCUT2D eigenvalue weighted by Gasteiger charge is 2.32. The Kier molecular flexibility index (Phi) is 7.25. The minimum atomic E-state index is -4.53. The van der Waals surface area contributed by atoms with E-state index < -0.39 is 11.7 Å². The van der Waals surface area contributed by atoms with E-state index in [4.69, 9.17) is 0 Å². The molecular weight excluding hydrogens is 475 g/mol. The minimum absolute atomic E-state index is 0.0870. The third-order valence-corrected chi connectivity index (χ3v) is 5.75. The van der Waals surface area contributed by atoms with Crippen molar-refractivity contribution in [2.45, 2.75) is 26.9 Å². The standard InChI is InChI=1S/C29H24F3N5/c1-18-8-12-22(13-9-18)35-27-24(16-33)20(3)26(28(37-27)36-23-14-10-19(2)11-15-23)34-17-21-6-4-5-7-25(21)29(30,31)32/h4-15,17H,1-3H3,(H2,35,36,37). The fourth-order valence-electron chi connectivity index (χ4n) is 3.72. The lowest BCUT2D eigenvalue weighted by atomic mass is 10.1. The molecule has 0 spiro atoms. The van der Waals surface area contributed by atoms with Crippen LogP contribution in [0.1, 0.15) is 33.4 Å². The van der Waals surface area contributed by atoms with Gasteiger partial charge >= 0.3 is 6.18 Å². The Labute approximate surface area is 213 Å². The number of hydrogen-bond acceptors (Lipinski definition) is 5. The zero-order valence-corrected chi connectivity index (χ0v) is 20.5. The summed E-state index contributed by atoms with van der Waals surface area (Å²) in [5.41, 5.74) is 3.71. The maximum atomic E-state index is 13.5. The van der Waals surface area contributed by atoms with Crippen molar-refractivity contribution in [2.24, 2.45) is 4.99 Å². The average Bonchev–Trinajstić information content (AvgIpc) is 2.86. The summed E-state index contributed by atoms with van der Waals surface area (Å²) in [6.45, 7) is 5.63. The third-order valence-electron chi connectivity index (χ3n) is 5.75. The number of aromatic nitrogens is 1. The van der Waals surface area contributed by atoms with E-state index in [9.17, 15) is 18.4 Å². The summed E-state index contributed by atoms with van der Waals surface area (Å²) in [4.78, 5) is 9.05. The molecule has 0 aliphatic carbocycles. The molecule has 0 aliphatic rings. The number of rotatable bonds is 6. The molecule has 2 N–H and O–H groups in total. The van der Waals surface area contributed by atoms with Gasteiger partial charge < -0.3 is 10.6 Å². The quantitative estimate of drug-likeness (QED) is 0.263. The number of nitrogens with zero attached hydrogens (tertiary/aromatic N) is 3. The van der Waals surface area contributed by atoms with Crippen LogP contribution in [0.15, 0.2) is 77.8 Å². The van der Waals surface area contributed by atoms with Crippen LogP contribution in [-0.2, 0) is 6.18 Å². The zero-order valence-electron chi connectivity index (χ0n) is 20.5. The van der Waals surface area contributed by atoms with Gasteiger partial charge in [0.2, 0.25) is 0 Å². The van der Waals surface area contributed by atoms with Crippen molar-refractivity contribution < 1.29 is 13.2 Å². The van der Waals surface area contributed by atoms with Crippen LogP contribution in [0, 0.1) is 32.1 Å². The maximum Gasteiger partial charge on any atom is 0.417 e. The van der Waals surface area contributed by atoms with Crippen molar-refractivity contribution >= 4 is 34.9 Å². The molecule has 0 amide bonds. The van der Waals surface area contributed by atoms with Crippen LogP contribution < -0.4 is 10.6 Å². The lowest BCUT2D eigenvalue weighted by Crippen LogP contribution is -2.08. The lowest BCUT2D eigenvalue weighted by Gasteiger charge is -2.17. The number of hydrogen-bond donors (Lipinski definition) is 2. The molecule has 4 aromatic rings. The number of aliphatic imine (C=N–C) groups is 1. The molecule has 0 saturated heterocycles. The number of nitrogens with one attached hydrogen (secondary N) is 2. The third kappa shape index (κ3) is 5.96. The van der Waals surface area contributed by atoms with Crippen LogP contribution in [-0.4, -0.2) is 11.2 Å². The summed E-state index contributed by atoms with van der Waals surface area (Å²) < 4.78 is 40.6. The summed E-state index contributed by atoms with van der Waals surface area (Å²) in [5, 5.41) is 16.3. The molecule has 1 heterocycles. The molecule has 1 aromatic heterocycles. The number of halogens is 3. The van der Waals surface area contributed by atoms with Gasteiger partial charge in [-0.2, -0.15) is 18.4 Å². The molecule has 3 aromatic carbocycles. The summed E-state index contributed by atoms with van der Waals surface area (Å²) in [6, 6.07) is 22.6. The second kappa shape index (κ2) is 10.5. The maximum absolute atomic E-state index is 13.5. The van der Waals surface area contributed by atoms with Crippen LogP contribution in [0.25, 0.3) is 0 Å². The van der Waals surface area contributed by atoms with Gasteiger partial charge in [0.1, 0.15) is 11.8 Å². The van der Waals surface area contributed by atoms with Crippen molar-refractivity contribution in [1.82, 2.24) is 4.98 Å². The van der Waals surface area contributed by atoms with Crippen LogP contribution >= 0.6 is 0 Å². The van der Waals surface area contributed by atoms with E-state index in [1.165, 1.54) is 18.2 Å². The van der Waals surface area contributed by atoms with E-state index in [-0.39, 0.29) is 16.8 Å². The molecule has 0 bridgehead atoms. The first kappa shape index (κ1) is 25.5. The van der Waals surface area contributed by atoms with Gasteiger partial charge in [-0.15, -0.1) is 0 Å². The van der Waals surface area contributed by atoms with Crippen molar-refractivity contribution in [3.63, 3.8) is 0 Å². The molecule has 5 nitrogen and oxygen atoms in total. The van der Waals surface area contributed by atoms with Crippen LogP contribution in [0.4, 0.5) is 41.9 Å². The van der Waals surface area contributed by atoms with E-state index in [1.807, 2.05) is 62.4 Å². The molecule has 186 valence electrons. The molecule has 37 heavy (non-hydrogen) atoms. The Bertz CT molecular complexity index is 1480. The van der Waals surface area contributed by atoms with Gasteiger partial charge in [-0.05, 0) is 56.7 Å². The lowest BCUT2D eigenvalue weighted by molar-refractivity contribution is -0.137. The fourth-order valence-corrected chi connectivity index (χ4v) is 3.72. The second-order valence-electron chi connectivity index (χ2n) is 8.59. The predicted molar refractivity (Wildman–Crippen MR) is 141 cm³/mol. The predicted octanol–water partition coefficient (Wildman–Crippen LogP) is 8.14. The second-order valence-corrected chi connectivity index (χ2v) is 8.59. The first-order chi connectivity index (χ1) is 17.7. The molecule has 0 unspecified atom stereocenters. The zero-order chi connectivity index (χ0) is 26.6. The van der Waals surface area contributed by atoms with Gasteiger partial charge in [0.25, 0.3) is 0 Å². The fraction of sp³-hybridized carbons (Fsp3) is 0.138. The Balaban J connectivity index is 1.84. The monoisotopic (exact) mass is 499 g/mol. The first-order valence-electron chi connectivity index (χ1n) is 11.5. The molecule has 0 radical (unpaired) electrons.